The fourth-order valence-electron chi connectivity index (χ4n) is 2.95. The van der Waals surface area contributed by atoms with Gasteiger partial charge >= 0.3 is 0 Å². The summed E-state index contributed by atoms with van der Waals surface area (Å²) in [5.74, 6) is 2.06. The van der Waals surface area contributed by atoms with Crippen molar-refractivity contribution in [3.8, 4) is 0 Å². The SMILES string of the molecule is CCC(CC)c1cc(CNC(=NC)NCC2(C)CCCO2)on1. The van der Waals surface area contributed by atoms with Crippen molar-refractivity contribution in [1.82, 2.24) is 15.8 Å². The molecule has 2 heterocycles. The van der Waals surface area contributed by atoms with Gasteiger partial charge in [0, 0.05) is 32.2 Å². The lowest BCUT2D eigenvalue weighted by Crippen LogP contribution is -2.45. The minimum absolute atomic E-state index is 0.0908. The van der Waals surface area contributed by atoms with E-state index in [2.05, 4.69) is 41.6 Å². The van der Waals surface area contributed by atoms with Crippen LogP contribution >= 0.6 is 0 Å². The molecule has 1 aliphatic rings. The van der Waals surface area contributed by atoms with Crippen LogP contribution in [0.4, 0.5) is 0 Å². The Morgan fingerprint density at radius 3 is 2.78 bits per heavy atom. The van der Waals surface area contributed by atoms with Crippen molar-refractivity contribution in [3.05, 3.63) is 17.5 Å². The summed E-state index contributed by atoms with van der Waals surface area (Å²) in [6.45, 7) is 8.67. The van der Waals surface area contributed by atoms with E-state index in [4.69, 9.17) is 9.26 Å². The van der Waals surface area contributed by atoms with Crippen molar-refractivity contribution in [2.24, 2.45) is 4.99 Å². The maximum absolute atomic E-state index is 5.78. The second kappa shape index (κ2) is 8.34. The summed E-state index contributed by atoms with van der Waals surface area (Å²) in [6.07, 6.45) is 4.37. The maximum Gasteiger partial charge on any atom is 0.191 e. The van der Waals surface area contributed by atoms with E-state index >= 15 is 0 Å². The van der Waals surface area contributed by atoms with Crippen LogP contribution < -0.4 is 10.6 Å². The quantitative estimate of drug-likeness (QED) is 0.596. The van der Waals surface area contributed by atoms with Crippen LogP contribution in [-0.4, -0.2) is 36.9 Å². The molecule has 1 fully saturated rings. The van der Waals surface area contributed by atoms with Crippen molar-refractivity contribution in [3.63, 3.8) is 0 Å². The molecule has 0 radical (unpaired) electrons. The van der Waals surface area contributed by atoms with Gasteiger partial charge in [-0.15, -0.1) is 0 Å². The van der Waals surface area contributed by atoms with Crippen molar-refractivity contribution in [2.45, 2.75) is 64.5 Å². The minimum Gasteiger partial charge on any atom is -0.373 e. The molecule has 0 amide bonds. The molecule has 2 N–H and O–H groups in total. The number of aromatic nitrogens is 1. The molecule has 1 unspecified atom stereocenters. The molecule has 130 valence electrons. The fourth-order valence-corrected chi connectivity index (χ4v) is 2.95. The highest BCUT2D eigenvalue weighted by Crippen LogP contribution is 2.24. The lowest BCUT2D eigenvalue weighted by molar-refractivity contribution is 0.0243. The van der Waals surface area contributed by atoms with E-state index in [0.717, 1.165) is 56.2 Å². The zero-order chi connectivity index (χ0) is 16.7. The number of aliphatic imine (C=N–C) groups is 1. The molecule has 6 heteroatoms. The molecule has 1 aromatic rings. The summed E-state index contributed by atoms with van der Waals surface area (Å²) in [6, 6.07) is 2.04. The molecule has 0 aromatic carbocycles. The smallest absolute Gasteiger partial charge is 0.191 e. The second-order valence-electron chi connectivity index (χ2n) is 6.41. The number of rotatable bonds is 7. The third-order valence-electron chi connectivity index (χ3n) is 4.56. The number of guanidine groups is 1. The summed E-state index contributed by atoms with van der Waals surface area (Å²) in [5.41, 5.74) is 0.952. The summed E-state index contributed by atoms with van der Waals surface area (Å²) in [5, 5.41) is 10.8. The van der Waals surface area contributed by atoms with Gasteiger partial charge < -0.3 is 19.9 Å². The van der Waals surface area contributed by atoms with Crippen LogP contribution in [0, 0.1) is 0 Å². The van der Waals surface area contributed by atoms with Crippen molar-refractivity contribution in [1.29, 1.82) is 0 Å². The molecule has 2 rings (SSSR count). The van der Waals surface area contributed by atoms with Crippen LogP contribution in [0.5, 0.6) is 0 Å². The zero-order valence-electron chi connectivity index (χ0n) is 14.8. The van der Waals surface area contributed by atoms with Gasteiger partial charge in [0.2, 0.25) is 0 Å². The molecule has 1 atom stereocenters. The average Bonchev–Trinajstić information content (AvgIpc) is 3.19. The molecule has 0 spiro atoms. The molecule has 0 saturated carbocycles. The zero-order valence-corrected chi connectivity index (χ0v) is 14.8. The third-order valence-corrected chi connectivity index (χ3v) is 4.56. The van der Waals surface area contributed by atoms with Crippen LogP contribution in [0.25, 0.3) is 0 Å². The molecular weight excluding hydrogens is 292 g/mol. The Labute approximate surface area is 139 Å². The highest BCUT2D eigenvalue weighted by atomic mass is 16.5. The first-order valence-corrected chi connectivity index (χ1v) is 8.64. The van der Waals surface area contributed by atoms with E-state index in [1.807, 2.05) is 6.07 Å². The van der Waals surface area contributed by atoms with Gasteiger partial charge in [0.05, 0.1) is 17.8 Å². The molecule has 1 saturated heterocycles. The normalized spacial score (nSPS) is 21.9. The van der Waals surface area contributed by atoms with Crippen LogP contribution in [0.3, 0.4) is 0 Å². The van der Waals surface area contributed by atoms with Crippen molar-refractivity contribution < 1.29 is 9.26 Å². The van der Waals surface area contributed by atoms with E-state index in [1.54, 1.807) is 7.05 Å². The van der Waals surface area contributed by atoms with Gasteiger partial charge in [0.1, 0.15) is 0 Å². The third kappa shape index (κ3) is 4.96. The van der Waals surface area contributed by atoms with Gasteiger partial charge in [-0.2, -0.15) is 0 Å². The Hall–Kier alpha value is -1.56. The van der Waals surface area contributed by atoms with Crippen LogP contribution in [0.1, 0.15) is 63.8 Å². The highest BCUT2D eigenvalue weighted by Gasteiger charge is 2.29. The molecular formula is C17H30N4O2. The van der Waals surface area contributed by atoms with E-state index in [9.17, 15) is 0 Å². The van der Waals surface area contributed by atoms with Crippen molar-refractivity contribution >= 4 is 5.96 Å². The number of hydrogen-bond donors (Lipinski definition) is 2. The molecule has 1 aliphatic heterocycles. The number of hydrogen-bond acceptors (Lipinski definition) is 4. The lowest BCUT2D eigenvalue weighted by Gasteiger charge is -2.24. The van der Waals surface area contributed by atoms with Crippen LogP contribution in [0.2, 0.25) is 0 Å². The van der Waals surface area contributed by atoms with Gasteiger partial charge in [-0.1, -0.05) is 19.0 Å². The average molecular weight is 322 g/mol. The summed E-state index contributed by atoms with van der Waals surface area (Å²) in [4.78, 5) is 4.25. The first kappa shape index (κ1) is 17.8. The van der Waals surface area contributed by atoms with Gasteiger partial charge in [-0.25, -0.2) is 0 Å². The molecule has 1 aromatic heterocycles. The Balaban J connectivity index is 1.81. The Morgan fingerprint density at radius 2 is 2.17 bits per heavy atom. The molecule has 0 bridgehead atoms. The maximum atomic E-state index is 5.78. The van der Waals surface area contributed by atoms with Gasteiger partial charge in [0.25, 0.3) is 0 Å². The summed E-state index contributed by atoms with van der Waals surface area (Å²) < 4.78 is 11.2. The first-order valence-electron chi connectivity index (χ1n) is 8.64. The molecule has 0 aliphatic carbocycles. The molecule has 23 heavy (non-hydrogen) atoms. The number of ether oxygens (including phenoxy) is 1. The van der Waals surface area contributed by atoms with Gasteiger partial charge in [0.15, 0.2) is 11.7 Å². The van der Waals surface area contributed by atoms with Crippen LogP contribution in [0.15, 0.2) is 15.6 Å². The van der Waals surface area contributed by atoms with Gasteiger partial charge in [-0.3, -0.25) is 4.99 Å². The van der Waals surface area contributed by atoms with E-state index in [-0.39, 0.29) is 5.60 Å². The number of nitrogens with one attached hydrogen (secondary N) is 2. The highest BCUT2D eigenvalue weighted by molar-refractivity contribution is 5.79. The van der Waals surface area contributed by atoms with Crippen LogP contribution in [-0.2, 0) is 11.3 Å². The Bertz CT molecular complexity index is 502. The van der Waals surface area contributed by atoms with Gasteiger partial charge in [-0.05, 0) is 32.6 Å². The summed E-state index contributed by atoms with van der Waals surface area (Å²) >= 11 is 0. The standard InChI is InChI=1S/C17H30N4O2/c1-5-13(6-2)15-10-14(23-21-15)11-19-16(18-4)20-12-17(3)8-7-9-22-17/h10,13H,5-9,11-12H2,1-4H3,(H2,18,19,20). The van der Waals surface area contributed by atoms with E-state index in [0.29, 0.717) is 12.5 Å². The van der Waals surface area contributed by atoms with E-state index in [1.165, 1.54) is 0 Å². The Morgan fingerprint density at radius 1 is 1.39 bits per heavy atom. The topological polar surface area (TPSA) is 71.7 Å². The predicted octanol–water partition coefficient (Wildman–Crippen LogP) is 2.81. The monoisotopic (exact) mass is 322 g/mol. The number of nitrogens with zero attached hydrogens (tertiary/aromatic N) is 2. The first-order chi connectivity index (χ1) is 11.1. The minimum atomic E-state index is -0.0908. The second-order valence-corrected chi connectivity index (χ2v) is 6.41. The van der Waals surface area contributed by atoms with E-state index < -0.39 is 0 Å². The lowest BCUT2D eigenvalue weighted by atomic mass is 9.99. The Kier molecular flexibility index (Phi) is 6.45. The van der Waals surface area contributed by atoms with Crippen molar-refractivity contribution in [2.75, 3.05) is 20.2 Å². The fraction of sp³-hybridized carbons (Fsp3) is 0.765. The predicted molar refractivity (Wildman–Crippen MR) is 91.6 cm³/mol. The molecule has 6 nitrogen and oxygen atoms in total. The largest absolute Gasteiger partial charge is 0.373 e. The summed E-state index contributed by atoms with van der Waals surface area (Å²) in [7, 11) is 1.77.